The maximum absolute atomic E-state index is 2.32. The molecule has 0 radical (unpaired) electrons. The van der Waals surface area contributed by atoms with Crippen LogP contribution in [0.25, 0.3) is 0 Å². The van der Waals surface area contributed by atoms with Crippen molar-refractivity contribution in [1.82, 2.24) is 0 Å². The number of aryl methyl sites for hydroxylation is 2. The molecular formula is C19H34ClN. The molecule has 0 atom stereocenters. The van der Waals surface area contributed by atoms with Crippen LogP contribution in [0.1, 0.15) is 83.6 Å². The molecule has 0 bridgehead atoms. The second-order valence-corrected chi connectivity index (χ2v) is 5.98. The van der Waals surface area contributed by atoms with Gasteiger partial charge < -0.3 is 12.4 Å². The van der Waals surface area contributed by atoms with Crippen LogP contribution < -0.4 is 17.0 Å². The van der Waals surface area contributed by atoms with Crippen molar-refractivity contribution >= 4 is 0 Å². The first-order valence-corrected chi connectivity index (χ1v) is 8.84. The van der Waals surface area contributed by atoms with Gasteiger partial charge >= 0.3 is 0 Å². The average molecular weight is 312 g/mol. The maximum atomic E-state index is 2.32. The van der Waals surface area contributed by atoms with Crippen LogP contribution in [0.5, 0.6) is 0 Å². The third-order valence-electron chi connectivity index (χ3n) is 4.14. The van der Waals surface area contributed by atoms with Gasteiger partial charge in [0, 0.05) is 18.6 Å². The molecule has 0 spiro atoms. The molecule has 1 aromatic heterocycles. The van der Waals surface area contributed by atoms with Gasteiger partial charge in [-0.05, 0) is 18.4 Å². The second-order valence-electron chi connectivity index (χ2n) is 5.98. The van der Waals surface area contributed by atoms with E-state index in [2.05, 4.69) is 42.9 Å². The van der Waals surface area contributed by atoms with Gasteiger partial charge in [-0.2, -0.15) is 0 Å². The van der Waals surface area contributed by atoms with E-state index in [1.807, 2.05) is 0 Å². The molecule has 0 fully saturated rings. The minimum atomic E-state index is 0. The summed E-state index contributed by atoms with van der Waals surface area (Å²) in [4.78, 5) is 0. The fourth-order valence-electron chi connectivity index (χ4n) is 2.65. The first kappa shape index (κ1) is 20.4. The Bertz CT molecular complexity index is 321. The minimum Gasteiger partial charge on any atom is -1.00 e. The number of rotatable bonds is 12. The summed E-state index contributed by atoms with van der Waals surface area (Å²) in [7, 11) is 0. The molecule has 0 N–H and O–H groups in total. The lowest BCUT2D eigenvalue weighted by Gasteiger charge is -2.01. The zero-order valence-corrected chi connectivity index (χ0v) is 14.9. The van der Waals surface area contributed by atoms with Crippen LogP contribution in [0, 0.1) is 0 Å². The van der Waals surface area contributed by atoms with Crippen LogP contribution in [0.3, 0.4) is 0 Å². The summed E-state index contributed by atoms with van der Waals surface area (Å²) < 4.78 is 2.32. The normalized spacial score (nSPS) is 10.4. The molecule has 0 saturated heterocycles. The highest BCUT2D eigenvalue weighted by Gasteiger charge is 2.00. The van der Waals surface area contributed by atoms with Crippen LogP contribution in [0.4, 0.5) is 0 Å². The van der Waals surface area contributed by atoms with E-state index >= 15 is 0 Å². The van der Waals surface area contributed by atoms with E-state index in [0.717, 1.165) is 6.42 Å². The molecule has 1 rings (SSSR count). The van der Waals surface area contributed by atoms with Crippen molar-refractivity contribution in [2.75, 3.05) is 0 Å². The van der Waals surface area contributed by atoms with Gasteiger partial charge in [0.15, 0.2) is 12.4 Å². The maximum Gasteiger partial charge on any atom is 0.169 e. The molecule has 1 aromatic rings. The monoisotopic (exact) mass is 311 g/mol. The van der Waals surface area contributed by atoms with Crippen molar-refractivity contribution in [2.24, 2.45) is 0 Å². The Morgan fingerprint density at radius 2 is 1.19 bits per heavy atom. The Hall–Kier alpha value is -0.560. The largest absolute Gasteiger partial charge is 1.00 e. The fraction of sp³-hybridized carbons (Fsp3) is 0.737. The highest BCUT2D eigenvalue weighted by Crippen LogP contribution is 2.10. The SMILES string of the molecule is CCCCCCCCCCCC[n+]1ccc(CC)cc1.[Cl-]. The second kappa shape index (κ2) is 14.4. The molecule has 2 heteroatoms. The van der Waals surface area contributed by atoms with Crippen LogP contribution in [-0.4, -0.2) is 0 Å². The molecule has 0 aliphatic heterocycles. The number of nitrogens with zero attached hydrogens (tertiary/aromatic N) is 1. The van der Waals surface area contributed by atoms with E-state index in [-0.39, 0.29) is 12.4 Å². The van der Waals surface area contributed by atoms with E-state index in [1.165, 1.54) is 76.3 Å². The Morgan fingerprint density at radius 1 is 0.714 bits per heavy atom. The number of unbranched alkanes of at least 4 members (excludes halogenated alkanes) is 9. The first-order chi connectivity index (χ1) is 9.86. The van der Waals surface area contributed by atoms with Crippen LogP contribution in [0.15, 0.2) is 24.5 Å². The van der Waals surface area contributed by atoms with Crippen molar-refractivity contribution in [1.29, 1.82) is 0 Å². The predicted molar refractivity (Wildman–Crippen MR) is 87.9 cm³/mol. The van der Waals surface area contributed by atoms with Gasteiger partial charge in [-0.25, -0.2) is 4.57 Å². The average Bonchev–Trinajstić information content (AvgIpc) is 2.50. The molecule has 0 amide bonds. The van der Waals surface area contributed by atoms with Crippen molar-refractivity contribution in [3.05, 3.63) is 30.1 Å². The summed E-state index contributed by atoms with van der Waals surface area (Å²) in [6, 6.07) is 4.49. The van der Waals surface area contributed by atoms with E-state index in [1.54, 1.807) is 0 Å². The van der Waals surface area contributed by atoms with Gasteiger partial charge in [-0.15, -0.1) is 0 Å². The highest BCUT2D eigenvalue weighted by atomic mass is 35.5. The molecule has 0 unspecified atom stereocenters. The van der Waals surface area contributed by atoms with Gasteiger partial charge in [0.25, 0.3) is 0 Å². The Kier molecular flexibility index (Phi) is 14.0. The predicted octanol–water partition coefficient (Wildman–Crippen LogP) is 2.46. The zero-order chi connectivity index (χ0) is 14.5. The standard InChI is InChI=1S/C19H34N.ClH/c1-3-5-6-7-8-9-10-11-12-13-16-20-17-14-19(4-2)15-18-20;/h14-15,17-18H,3-13,16H2,1-2H3;1H/q+1;/p-1. The Balaban J connectivity index is 0.00000400. The smallest absolute Gasteiger partial charge is 0.169 e. The van der Waals surface area contributed by atoms with E-state index in [9.17, 15) is 0 Å². The molecule has 1 heterocycles. The summed E-state index contributed by atoms with van der Waals surface area (Å²) in [5.41, 5.74) is 1.43. The highest BCUT2D eigenvalue weighted by molar-refractivity contribution is 5.06. The van der Waals surface area contributed by atoms with Gasteiger partial charge in [0.05, 0.1) is 0 Å². The third kappa shape index (κ3) is 10.8. The van der Waals surface area contributed by atoms with Gasteiger partial charge in [0.2, 0.25) is 0 Å². The number of hydrogen-bond donors (Lipinski definition) is 0. The summed E-state index contributed by atoms with van der Waals surface area (Å²) in [5, 5.41) is 0. The van der Waals surface area contributed by atoms with Crippen molar-refractivity contribution in [3.63, 3.8) is 0 Å². The zero-order valence-electron chi connectivity index (χ0n) is 14.1. The Labute approximate surface area is 138 Å². The summed E-state index contributed by atoms with van der Waals surface area (Å²) in [5.74, 6) is 0. The topological polar surface area (TPSA) is 3.88 Å². The molecular weight excluding hydrogens is 278 g/mol. The van der Waals surface area contributed by atoms with Crippen LogP contribution in [0.2, 0.25) is 0 Å². The van der Waals surface area contributed by atoms with E-state index in [4.69, 9.17) is 0 Å². The van der Waals surface area contributed by atoms with E-state index in [0.29, 0.717) is 0 Å². The molecule has 122 valence electrons. The van der Waals surface area contributed by atoms with Crippen molar-refractivity contribution in [3.8, 4) is 0 Å². The lowest BCUT2D eigenvalue weighted by Crippen LogP contribution is -3.00. The quantitative estimate of drug-likeness (QED) is 0.412. The van der Waals surface area contributed by atoms with Crippen LogP contribution in [-0.2, 0) is 13.0 Å². The number of aromatic nitrogens is 1. The van der Waals surface area contributed by atoms with Crippen LogP contribution >= 0.6 is 0 Å². The van der Waals surface area contributed by atoms with Gasteiger partial charge in [-0.3, -0.25) is 0 Å². The molecule has 0 aliphatic carbocycles. The summed E-state index contributed by atoms with van der Waals surface area (Å²) in [6.45, 7) is 5.68. The van der Waals surface area contributed by atoms with Gasteiger partial charge in [0.1, 0.15) is 6.54 Å². The third-order valence-corrected chi connectivity index (χ3v) is 4.14. The lowest BCUT2D eigenvalue weighted by atomic mass is 10.1. The Morgan fingerprint density at radius 3 is 1.67 bits per heavy atom. The summed E-state index contributed by atoms with van der Waals surface area (Å²) in [6.07, 6.45) is 19.7. The molecule has 1 nitrogen and oxygen atoms in total. The fourth-order valence-corrected chi connectivity index (χ4v) is 2.65. The molecule has 0 aliphatic rings. The van der Waals surface area contributed by atoms with E-state index < -0.39 is 0 Å². The number of pyridine rings is 1. The molecule has 21 heavy (non-hydrogen) atoms. The first-order valence-electron chi connectivity index (χ1n) is 8.84. The lowest BCUT2D eigenvalue weighted by molar-refractivity contribution is -0.697. The molecule has 0 saturated carbocycles. The number of halogens is 1. The summed E-state index contributed by atoms with van der Waals surface area (Å²) >= 11 is 0. The van der Waals surface area contributed by atoms with Crippen molar-refractivity contribution in [2.45, 2.75) is 91.0 Å². The van der Waals surface area contributed by atoms with Gasteiger partial charge in [-0.1, -0.05) is 65.2 Å². The minimum absolute atomic E-state index is 0. The molecule has 0 aromatic carbocycles. The number of hydrogen-bond acceptors (Lipinski definition) is 0. The van der Waals surface area contributed by atoms with Crippen molar-refractivity contribution < 1.29 is 17.0 Å².